The molecule has 0 saturated carbocycles. The van der Waals surface area contributed by atoms with Gasteiger partial charge < -0.3 is 14.9 Å². The second kappa shape index (κ2) is 5.35. The third-order valence-electron chi connectivity index (χ3n) is 3.24. The number of rotatable bonds is 3. The van der Waals surface area contributed by atoms with Crippen LogP contribution in [0.4, 0.5) is 0 Å². The van der Waals surface area contributed by atoms with Gasteiger partial charge >= 0.3 is 0 Å². The van der Waals surface area contributed by atoms with E-state index in [1.165, 1.54) is 12.4 Å². The van der Waals surface area contributed by atoms with Crippen molar-refractivity contribution in [3.63, 3.8) is 0 Å². The van der Waals surface area contributed by atoms with Crippen LogP contribution in [0, 0.1) is 0 Å². The number of pyridine rings is 1. The largest absolute Gasteiger partial charge is 0.505 e. The van der Waals surface area contributed by atoms with Crippen molar-refractivity contribution in [2.45, 2.75) is 18.9 Å². The molecule has 1 atom stereocenters. The van der Waals surface area contributed by atoms with Crippen molar-refractivity contribution >= 4 is 5.91 Å². The van der Waals surface area contributed by atoms with Crippen LogP contribution in [0.2, 0.25) is 0 Å². The van der Waals surface area contributed by atoms with Crippen molar-refractivity contribution in [3.05, 3.63) is 24.0 Å². The summed E-state index contributed by atoms with van der Waals surface area (Å²) >= 11 is 0. The van der Waals surface area contributed by atoms with Gasteiger partial charge in [0.2, 0.25) is 0 Å². The van der Waals surface area contributed by atoms with Crippen LogP contribution in [0.25, 0.3) is 0 Å². The van der Waals surface area contributed by atoms with Gasteiger partial charge in [-0.25, -0.2) is 0 Å². The Balaban J connectivity index is 2.15. The minimum absolute atomic E-state index is 0.0435. The topological polar surface area (TPSA) is 56.7 Å². The SMILES string of the molecule is CN(C)CC1CCCN1C(=O)c1ccncc1O. The second-order valence-corrected chi connectivity index (χ2v) is 4.95. The van der Waals surface area contributed by atoms with E-state index in [0.717, 1.165) is 25.9 Å². The predicted molar refractivity (Wildman–Crippen MR) is 68.5 cm³/mol. The zero-order valence-corrected chi connectivity index (χ0v) is 10.8. The molecule has 0 aliphatic carbocycles. The maximum absolute atomic E-state index is 12.4. The van der Waals surface area contributed by atoms with Crippen LogP contribution in [0.5, 0.6) is 5.75 Å². The Morgan fingerprint density at radius 2 is 2.39 bits per heavy atom. The zero-order chi connectivity index (χ0) is 13.1. The number of nitrogens with zero attached hydrogens (tertiary/aromatic N) is 3. The first-order chi connectivity index (χ1) is 8.59. The van der Waals surface area contributed by atoms with Crippen LogP contribution in [-0.2, 0) is 0 Å². The molecule has 2 heterocycles. The molecular weight excluding hydrogens is 230 g/mol. The molecule has 98 valence electrons. The van der Waals surface area contributed by atoms with Gasteiger partial charge in [0.1, 0.15) is 5.75 Å². The van der Waals surface area contributed by atoms with Gasteiger partial charge in [0, 0.05) is 25.3 Å². The number of carbonyl (C=O) groups is 1. The molecule has 1 N–H and O–H groups in total. The summed E-state index contributed by atoms with van der Waals surface area (Å²) in [5, 5.41) is 9.69. The molecule has 5 heteroatoms. The van der Waals surface area contributed by atoms with E-state index in [0.29, 0.717) is 5.56 Å². The quantitative estimate of drug-likeness (QED) is 0.866. The molecule has 0 spiro atoms. The number of hydrogen-bond donors (Lipinski definition) is 1. The number of aromatic nitrogens is 1. The minimum Gasteiger partial charge on any atom is -0.505 e. The van der Waals surface area contributed by atoms with Crippen molar-refractivity contribution in [2.24, 2.45) is 0 Å². The zero-order valence-electron chi connectivity index (χ0n) is 10.8. The standard InChI is InChI=1S/C13H19N3O2/c1-15(2)9-10-4-3-7-16(10)13(18)11-5-6-14-8-12(11)17/h5-6,8,10,17H,3-4,7,9H2,1-2H3. The molecule has 2 rings (SSSR count). The molecule has 1 saturated heterocycles. The maximum Gasteiger partial charge on any atom is 0.258 e. The monoisotopic (exact) mass is 249 g/mol. The number of amides is 1. The highest BCUT2D eigenvalue weighted by Crippen LogP contribution is 2.23. The molecule has 1 aliphatic heterocycles. The Bertz CT molecular complexity index is 434. The van der Waals surface area contributed by atoms with Crippen LogP contribution in [-0.4, -0.2) is 59.0 Å². The predicted octanol–water partition coefficient (Wildman–Crippen LogP) is 0.953. The lowest BCUT2D eigenvalue weighted by Crippen LogP contribution is -2.41. The molecule has 1 aliphatic rings. The van der Waals surface area contributed by atoms with Gasteiger partial charge in [-0.15, -0.1) is 0 Å². The molecule has 18 heavy (non-hydrogen) atoms. The lowest BCUT2D eigenvalue weighted by Gasteiger charge is -2.27. The highest BCUT2D eigenvalue weighted by Gasteiger charge is 2.30. The average molecular weight is 249 g/mol. The molecule has 5 nitrogen and oxygen atoms in total. The normalized spacial score (nSPS) is 19.5. The second-order valence-electron chi connectivity index (χ2n) is 4.95. The number of hydrogen-bond acceptors (Lipinski definition) is 4. The Kier molecular flexibility index (Phi) is 3.81. The Labute approximate surface area is 107 Å². The number of likely N-dealkylation sites (tertiary alicyclic amines) is 1. The van der Waals surface area contributed by atoms with Crippen LogP contribution < -0.4 is 0 Å². The summed E-state index contributed by atoms with van der Waals surface area (Å²) in [6, 6.07) is 1.81. The number of aromatic hydroxyl groups is 1. The summed E-state index contributed by atoms with van der Waals surface area (Å²) < 4.78 is 0. The lowest BCUT2D eigenvalue weighted by molar-refractivity contribution is 0.0713. The Hall–Kier alpha value is -1.62. The maximum atomic E-state index is 12.4. The first kappa shape index (κ1) is 12.8. The third-order valence-corrected chi connectivity index (χ3v) is 3.24. The molecule has 1 aromatic heterocycles. The smallest absolute Gasteiger partial charge is 0.258 e. The molecule has 1 fully saturated rings. The molecular formula is C13H19N3O2. The van der Waals surface area contributed by atoms with Gasteiger partial charge in [-0.3, -0.25) is 9.78 Å². The summed E-state index contributed by atoms with van der Waals surface area (Å²) in [5.41, 5.74) is 0.343. The van der Waals surface area contributed by atoms with Crippen LogP contribution in [0.1, 0.15) is 23.2 Å². The van der Waals surface area contributed by atoms with Crippen LogP contribution >= 0.6 is 0 Å². The van der Waals surface area contributed by atoms with Gasteiger partial charge in [0.25, 0.3) is 5.91 Å². The van der Waals surface area contributed by atoms with E-state index in [9.17, 15) is 9.90 Å². The summed E-state index contributed by atoms with van der Waals surface area (Å²) in [6.07, 6.45) is 4.89. The summed E-state index contributed by atoms with van der Waals surface area (Å²) in [7, 11) is 4.01. The highest BCUT2D eigenvalue weighted by atomic mass is 16.3. The molecule has 1 amide bonds. The van der Waals surface area contributed by atoms with E-state index in [4.69, 9.17) is 0 Å². The average Bonchev–Trinajstić information content (AvgIpc) is 2.76. The molecule has 1 aromatic rings. The number of carbonyl (C=O) groups excluding carboxylic acids is 1. The van der Waals surface area contributed by atoms with E-state index >= 15 is 0 Å². The highest BCUT2D eigenvalue weighted by molar-refractivity contribution is 5.97. The summed E-state index contributed by atoms with van der Waals surface area (Å²) in [6.45, 7) is 1.62. The van der Waals surface area contributed by atoms with E-state index in [1.54, 1.807) is 6.07 Å². The van der Waals surface area contributed by atoms with E-state index in [1.807, 2.05) is 19.0 Å². The Morgan fingerprint density at radius 1 is 1.61 bits per heavy atom. The van der Waals surface area contributed by atoms with Gasteiger partial charge in [-0.05, 0) is 33.0 Å². The van der Waals surface area contributed by atoms with Gasteiger partial charge in [-0.2, -0.15) is 0 Å². The fourth-order valence-electron chi connectivity index (χ4n) is 2.44. The van der Waals surface area contributed by atoms with Crippen LogP contribution in [0.15, 0.2) is 18.5 Å². The third kappa shape index (κ3) is 2.61. The van der Waals surface area contributed by atoms with Crippen LogP contribution in [0.3, 0.4) is 0 Å². The van der Waals surface area contributed by atoms with Crippen molar-refractivity contribution < 1.29 is 9.90 Å². The van der Waals surface area contributed by atoms with Gasteiger partial charge in [0.15, 0.2) is 0 Å². The molecule has 0 bridgehead atoms. The van der Waals surface area contributed by atoms with Crippen molar-refractivity contribution in [3.8, 4) is 5.75 Å². The van der Waals surface area contributed by atoms with E-state index in [-0.39, 0.29) is 17.7 Å². The van der Waals surface area contributed by atoms with E-state index in [2.05, 4.69) is 9.88 Å². The van der Waals surface area contributed by atoms with E-state index < -0.39 is 0 Å². The summed E-state index contributed by atoms with van der Waals surface area (Å²) in [5.74, 6) is -0.141. The van der Waals surface area contributed by atoms with Gasteiger partial charge in [-0.1, -0.05) is 0 Å². The lowest BCUT2D eigenvalue weighted by atomic mass is 10.1. The molecule has 1 unspecified atom stereocenters. The molecule has 0 aromatic carbocycles. The first-order valence-corrected chi connectivity index (χ1v) is 6.18. The van der Waals surface area contributed by atoms with Crippen molar-refractivity contribution in [2.75, 3.05) is 27.2 Å². The van der Waals surface area contributed by atoms with Crippen molar-refractivity contribution in [1.29, 1.82) is 0 Å². The minimum atomic E-state index is -0.0979. The summed E-state index contributed by atoms with van der Waals surface area (Å²) in [4.78, 5) is 20.1. The Morgan fingerprint density at radius 3 is 3.06 bits per heavy atom. The molecule has 0 radical (unpaired) electrons. The fraction of sp³-hybridized carbons (Fsp3) is 0.538. The first-order valence-electron chi connectivity index (χ1n) is 6.18. The van der Waals surface area contributed by atoms with Gasteiger partial charge in [0.05, 0.1) is 11.8 Å². The van der Waals surface area contributed by atoms with Crippen molar-refractivity contribution in [1.82, 2.24) is 14.8 Å². The number of likely N-dealkylation sites (N-methyl/N-ethyl adjacent to an activating group) is 1. The fourth-order valence-corrected chi connectivity index (χ4v) is 2.44.